The van der Waals surface area contributed by atoms with E-state index in [9.17, 15) is 9.13 Å². The molecular weight excluding hydrogens is 373 g/mol. The van der Waals surface area contributed by atoms with Crippen LogP contribution in [0.3, 0.4) is 0 Å². The maximum absolute atomic E-state index is 11.2. The van der Waals surface area contributed by atoms with E-state index in [0.29, 0.717) is 6.42 Å². The van der Waals surface area contributed by atoms with Gasteiger partial charge in [-0.1, -0.05) is 74.1 Å². The van der Waals surface area contributed by atoms with E-state index in [1.807, 2.05) is 0 Å². The molecule has 12 heteroatoms. The monoisotopic (exact) mass is 401 g/mol. The Hall–Kier alpha value is 1.18. The second-order valence-electron chi connectivity index (χ2n) is 5.19. The average molecular weight is 401 g/mol. The molecule has 0 aromatic rings. The van der Waals surface area contributed by atoms with Gasteiger partial charge in [-0.05, 0) is 11.5 Å². The Kier molecular flexibility index (Phi) is 18.7. The summed E-state index contributed by atoms with van der Waals surface area (Å²) < 4.78 is 33.2. The minimum Gasteiger partial charge on any atom is -0.301 e. The zero-order valence-electron chi connectivity index (χ0n) is 14.5. The van der Waals surface area contributed by atoms with Crippen LogP contribution in [-0.4, -0.2) is 50.8 Å². The van der Waals surface area contributed by atoms with E-state index in [-0.39, 0.29) is 36.2 Å². The SMILES string of the molecule is CCCCCCCCCCCCOP(=O)(O)OOOP(=O)(O)O.[Na]. The van der Waals surface area contributed by atoms with Crippen LogP contribution in [0.4, 0.5) is 0 Å². The summed E-state index contributed by atoms with van der Waals surface area (Å²) in [4.78, 5) is 25.6. The van der Waals surface area contributed by atoms with Crippen molar-refractivity contribution >= 4 is 45.2 Å². The second kappa shape index (κ2) is 16.4. The Morgan fingerprint density at radius 3 is 1.67 bits per heavy atom. The molecule has 141 valence electrons. The zero-order chi connectivity index (χ0) is 17.6. The second-order valence-corrected chi connectivity index (χ2v) is 7.67. The van der Waals surface area contributed by atoms with Gasteiger partial charge in [-0.15, -0.1) is 0 Å². The Labute approximate surface area is 165 Å². The summed E-state index contributed by atoms with van der Waals surface area (Å²) in [6.45, 7) is 2.17. The molecule has 0 heterocycles. The van der Waals surface area contributed by atoms with Crippen LogP contribution in [0.5, 0.6) is 0 Å². The Morgan fingerprint density at radius 1 is 0.750 bits per heavy atom. The molecule has 1 radical (unpaired) electrons. The van der Waals surface area contributed by atoms with Crippen molar-refractivity contribution in [3.05, 3.63) is 0 Å². The summed E-state index contributed by atoms with van der Waals surface area (Å²) in [5.74, 6) is 0. The molecule has 9 nitrogen and oxygen atoms in total. The molecule has 1 atom stereocenters. The summed E-state index contributed by atoms with van der Waals surface area (Å²) in [5, 5.41) is 3.51. The van der Waals surface area contributed by atoms with Crippen LogP contribution < -0.4 is 0 Å². The van der Waals surface area contributed by atoms with Crippen molar-refractivity contribution in [2.24, 2.45) is 0 Å². The maximum atomic E-state index is 11.2. The normalized spacial score (nSPS) is 14.2. The molecule has 0 aliphatic carbocycles. The standard InChI is InChI=1S/C12H28O9P2.Na/c1-2-3-4-5-6-7-8-9-10-11-12-18-23(16,17)21-19-20-22(13,14)15;/h2-12H2,1H3,(H,16,17)(H2,13,14,15);. The van der Waals surface area contributed by atoms with Crippen LogP contribution in [0.25, 0.3) is 0 Å². The van der Waals surface area contributed by atoms with Gasteiger partial charge in [0, 0.05) is 29.6 Å². The summed E-state index contributed by atoms with van der Waals surface area (Å²) in [5.41, 5.74) is 0. The summed E-state index contributed by atoms with van der Waals surface area (Å²) in [6.07, 6.45) is 11.1. The third-order valence-electron chi connectivity index (χ3n) is 3.00. The van der Waals surface area contributed by atoms with Crippen molar-refractivity contribution in [3.63, 3.8) is 0 Å². The molecule has 0 saturated heterocycles. The van der Waals surface area contributed by atoms with Gasteiger partial charge in [0.1, 0.15) is 0 Å². The number of rotatable bonds is 16. The number of phosphoric ester groups is 1. The van der Waals surface area contributed by atoms with Crippen LogP contribution in [0, 0.1) is 0 Å². The molecule has 0 aliphatic rings. The smallest absolute Gasteiger partial charge is 0.301 e. The summed E-state index contributed by atoms with van der Waals surface area (Å²) >= 11 is 0. The number of unbranched alkanes of at least 4 members (excludes halogenated alkanes) is 9. The van der Waals surface area contributed by atoms with Crippen molar-refractivity contribution < 1.29 is 42.7 Å². The molecule has 0 fully saturated rings. The number of phosphoric acid groups is 2. The van der Waals surface area contributed by atoms with E-state index in [0.717, 1.165) is 19.3 Å². The van der Waals surface area contributed by atoms with Gasteiger partial charge in [0.25, 0.3) is 0 Å². The number of hydrogen-bond donors (Lipinski definition) is 3. The van der Waals surface area contributed by atoms with Gasteiger partial charge in [-0.3, -0.25) is 4.52 Å². The average Bonchev–Trinajstić information content (AvgIpc) is 2.43. The first kappa shape index (κ1) is 27.4. The van der Waals surface area contributed by atoms with E-state index in [1.54, 1.807) is 0 Å². The van der Waals surface area contributed by atoms with Gasteiger partial charge in [0.2, 0.25) is 0 Å². The van der Waals surface area contributed by atoms with Crippen LogP contribution in [0.1, 0.15) is 71.1 Å². The third kappa shape index (κ3) is 21.2. The van der Waals surface area contributed by atoms with Crippen LogP contribution in [-0.2, 0) is 28.0 Å². The Bertz CT molecular complexity index is 378. The van der Waals surface area contributed by atoms with Crippen molar-refractivity contribution in [1.29, 1.82) is 0 Å². The molecule has 0 aliphatic heterocycles. The summed E-state index contributed by atoms with van der Waals surface area (Å²) in [6, 6.07) is 0. The Balaban J connectivity index is 0. The molecule has 0 bridgehead atoms. The molecule has 0 aromatic carbocycles. The van der Waals surface area contributed by atoms with E-state index in [2.05, 4.69) is 25.8 Å². The van der Waals surface area contributed by atoms with Gasteiger partial charge in [0.15, 0.2) is 0 Å². The molecule has 0 amide bonds. The van der Waals surface area contributed by atoms with Crippen LogP contribution in [0.15, 0.2) is 0 Å². The minimum atomic E-state index is -4.94. The molecule has 0 rings (SSSR count). The minimum absolute atomic E-state index is 0. The zero-order valence-corrected chi connectivity index (χ0v) is 18.3. The number of hydrogen-bond acceptors (Lipinski definition) is 6. The molecule has 24 heavy (non-hydrogen) atoms. The molecule has 0 aromatic heterocycles. The molecule has 3 N–H and O–H groups in total. The van der Waals surface area contributed by atoms with Gasteiger partial charge in [-0.2, -0.15) is 0 Å². The van der Waals surface area contributed by atoms with Gasteiger partial charge in [-0.25, -0.2) is 9.13 Å². The molecule has 0 saturated carbocycles. The van der Waals surface area contributed by atoms with E-state index in [1.165, 1.54) is 38.5 Å². The van der Waals surface area contributed by atoms with E-state index in [4.69, 9.17) is 14.7 Å². The third-order valence-corrected chi connectivity index (χ3v) is 4.02. The van der Waals surface area contributed by atoms with Gasteiger partial charge in [0.05, 0.1) is 6.61 Å². The first-order valence-electron chi connectivity index (χ1n) is 7.84. The van der Waals surface area contributed by atoms with Gasteiger partial charge < -0.3 is 14.7 Å². The predicted octanol–water partition coefficient (Wildman–Crippen LogP) is 3.62. The maximum Gasteiger partial charge on any atom is 0.501 e. The van der Waals surface area contributed by atoms with Gasteiger partial charge >= 0.3 is 15.6 Å². The summed E-state index contributed by atoms with van der Waals surface area (Å²) in [7, 11) is -9.49. The topological polar surface area (TPSA) is 132 Å². The fourth-order valence-electron chi connectivity index (χ4n) is 1.88. The van der Waals surface area contributed by atoms with Crippen molar-refractivity contribution in [2.45, 2.75) is 71.1 Å². The Morgan fingerprint density at radius 2 is 1.21 bits per heavy atom. The van der Waals surface area contributed by atoms with Crippen molar-refractivity contribution in [2.75, 3.05) is 6.61 Å². The van der Waals surface area contributed by atoms with Crippen LogP contribution in [0.2, 0.25) is 0 Å². The largest absolute Gasteiger partial charge is 0.501 e. The first-order valence-corrected chi connectivity index (χ1v) is 10.9. The quantitative estimate of drug-likeness (QED) is 0.117. The van der Waals surface area contributed by atoms with Crippen molar-refractivity contribution in [3.8, 4) is 0 Å². The van der Waals surface area contributed by atoms with E-state index >= 15 is 0 Å². The first-order chi connectivity index (χ1) is 10.8. The fraction of sp³-hybridized carbons (Fsp3) is 1.00. The van der Waals surface area contributed by atoms with Crippen LogP contribution >= 0.6 is 15.6 Å². The van der Waals surface area contributed by atoms with Crippen molar-refractivity contribution in [1.82, 2.24) is 0 Å². The molecular formula is C12H28NaO9P2. The molecule has 0 spiro atoms. The fourth-order valence-corrected chi connectivity index (χ4v) is 2.55. The predicted molar refractivity (Wildman–Crippen MR) is 88.7 cm³/mol. The van der Waals surface area contributed by atoms with E-state index < -0.39 is 15.6 Å². The molecule has 1 unspecified atom stereocenters.